The minimum Gasteiger partial charge on any atom is -0.393 e. The van der Waals surface area contributed by atoms with E-state index in [9.17, 15) is 14.6 Å². The van der Waals surface area contributed by atoms with Crippen LogP contribution in [0.4, 0.5) is 4.39 Å². The molecule has 154 valence electrons. The SMILES string of the molecule is O=P(O)(O)O.OC1CCC([C@H](O)C[C@H]2c3c(F)cccc3-c3cncn32)CC1. The Bertz CT molecular complexity index is 853. The van der Waals surface area contributed by atoms with E-state index in [4.69, 9.17) is 19.2 Å². The topological polar surface area (TPSA) is 136 Å². The molecule has 1 fully saturated rings. The van der Waals surface area contributed by atoms with Gasteiger partial charge in [0.1, 0.15) is 5.82 Å². The van der Waals surface area contributed by atoms with Crippen molar-refractivity contribution in [1.82, 2.24) is 9.55 Å². The normalized spacial score (nSPS) is 24.7. The Labute approximate surface area is 161 Å². The summed E-state index contributed by atoms with van der Waals surface area (Å²) in [5.41, 5.74) is 2.45. The minimum absolute atomic E-state index is 0.182. The monoisotopic (exact) mass is 414 g/mol. The smallest absolute Gasteiger partial charge is 0.393 e. The number of aliphatic hydroxyl groups is 2. The number of benzene rings is 1. The molecule has 10 heteroatoms. The summed E-state index contributed by atoms with van der Waals surface area (Å²) in [6.07, 6.45) is 6.38. The summed E-state index contributed by atoms with van der Waals surface area (Å²) in [6.45, 7) is 0. The molecular weight excluding hydrogens is 390 g/mol. The fourth-order valence-corrected chi connectivity index (χ4v) is 4.14. The van der Waals surface area contributed by atoms with E-state index in [2.05, 4.69) is 4.98 Å². The van der Waals surface area contributed by atoms with Crippen LogP contribution in [0, 0.1) is 11.7 Å². The van der Waals surface area contributed by atoms with E-state index in [0.717, 1.165) is 36.9 Å². The Morgan fingerprint density at radius 2 is 1.86 bits per heavy atom. The second kappa shape index (κ2) is 8.41. The van der Waals surface area contributed by atoms with Gasteiger partial charge in [-0.3, -0.25) is 0 Å². The van der Waals surface area contributed by atoms with Crippen molar-refractivity contribution in [1.29, 1.82) is 0 Å². The van der Waals surface area contributed by atoms with Gasteiger partial charge in [0.2, 0.25) is 0 Å². The third-order valence-corrected chi connectivity index (χ3v) is 5.41. The summed E-state index contributed by atoms with van der Waals surface area (Å²) in [4.78, 5) is 25.7. The van der Waals surface area contributed by atoms with Crippen molar-refractivity contribution in [3.63, 3.8) is 0 Å². The molecule has 8 nitrogen and oxygen atoms in total. The van der Waals surface area contributed by atoms with Gasteiger partial charge in [0.25, 0.3) is 0 Å². The van der Waals surface area contributed by atoms with Crippen molar-refractivity contribution >= 4 is 7.82 Å². The summed E-state index contributed by atoms with van der Waals surface area (Å²) in [5, 5.41) is 20.3. The zero-order valence-electron chi connectivity index (χ0n) is 15.1. The standard InChI is InChI=1S/C18H21FN2O2.H3O4P/c19-14-3-1-2-13-16-9-20-10-21(16)15(18(13)14)8-17(23)11-4-6-12(22)7-5-11;1-5(2,3)4/h1-3,9-12,15,17,22-23H,4-8H2;(H3,1,2,3,4)/t11?,12?,15-,17+;/m0./s1. The zero-order valence-corrected chi connectivity index (χ0v) is 16.0. The molecule has 0 saturated heterocycles. The molecule has 2 atom stereocenters. The van der Waals surface area contributed by atoms with Gasteiger partial charge >= 0.3 is 7.82 Å². The summed E-state index contributed by atoms with van der Waals surface area (Å²) < 4.78 is 25.2. The first-order chi connectivity index (χ1) is 13.1. The van der Waals surface area contributed by atoms with E-state index in [-0.39, 0.29) is 23.9 Å². The summed E-state index contributed by atoms with van der Waals surface area (Å²) in [7, 11) is -4.64. The molecule has 28 heavy (non-hydrogen) atoms. The molecule has 0 amide bonds. The molecule has 0 radical (unpaired) electrons. The van der Waals surface area contributed by atoms with Gasteiger partial charge < -0.3 is 29.5 Å². The fraction of sp³-hybridized carbons (Fsp3) is 0.500. The number of phosphoric acid groups is 1. The lowest BCUT2D eigenvalue weighted by Gasteiger charge is -2.31. The number of hydrogen-bond donors (Lipinski definition) is 5. The average Bonchev–Trinajstić information content (AvgIpc) is 3.17. The van der Waals surface area contributed by atoms with Gasteiger partial charge in [-0.1, -0.05) is 12.1 Å². The highest BCUT2D eigenvalue weighted by molar-refractivity contribution is 7.45. The van der Waals surface area contributed by atoms with E-state index in [1.54, 1.807) is 18.6 Å². The Kier molecular flexibility index (Phi) is 6.34. The Morgan fingerprint density at radius 3 is 2.50 bits per heavy atom. The molecule has 1 saturated carbocycles. The quantitative estimate of drug-likeness (QED) is 0.485. The molecule has 5 N–H and O–H groups in total. The van der Waals surface area contributed by atoms with Crippen molar-refractivity contribution in [2.24, 2.45) is 5.92 Å². The predicted octanol–water partition coefficient (Wildman–Crippen LogP) is 1.97. The molecule has 0 bridgehead atoms. The number of nitrogens with zero attached hydrogens (tertiary/aromatic N) is 2. The average molecular weight is 414 g/mol. The van der Waals surface area contributed by atoms with Crippen molar-refractivity contribution in [3.05, 3.63) is 42.1 Å². The van der Waals surface area contributed by atoms with Crippen molar-refractivity contribution in [2.45, 2.75) is 50.4 Å². The first-order valence-corrected chi connectivity index (χ1v) is 10.7. The number of aliphatic hydroxyl groups excluding tert-OH is 2. The Hall–Kier alpha value is -1.61. The second-order valence-corrected chi connectivity index (χ2v) is 8.31. The van der Waals surface area contributed by atoms with Crippen LogP contribution in [0.15, 0.2) is 30.7 Å². The van der Waals surface area contributed by atoms with E-state index in [0.29, 0.717) is 12.0 Å². The van der Waals surface area contributed by atoms with Crippen LogP contribution in [0.1, 0.15) is 43.7 Å². The molecule has 2 aromatic rings. The van der Waals surface area contributed by atoms with Crippen molar-refractivity contribution in [3.8, 4) is 11.3 Å². The Balaban J connectivity index is 0.000000403. The van der Waals surface area contributed by atoms with Gasteiger partial charge in [0.15, 0.2) is 0 Å². The second-order valence-electron chi connectivity index (χ2n) is 7.29. The highest BCUT2D eigenvalue weighted by Crippen LogP contribution is 2.44. The zero-order chi connectivity index (χ0) is 20.5. The lowest BCUT2D eigenvalue weighted by Crippen LogP contribution is -2.29. The van der Waals surface area contributed by atoms with Crippen LogP contribution in [-0.4, -0.2) is 46.7 Å². The number of halogens is 1. The Morgan fingerprint density at radius 1 is 1.21 bits per heavy atom. The summed E-state index contributed by atoms with van der Waals surface area (Å²) >= 11 is 0. The van der Waals surface area contributed by atoms with Gasteiger partial charge in [0, 0.05) is 11.1 Å². The van der Waals surface area contributed by atoms with Gasteiger partial charge in [-0.25, -0.2) is 13.9 Å². The van der Waals surface area contributed by atoms with Gasteiger partial charge in [-0.05, 0) is 44.1 Å². The van der Waals surface area contributed by atoms with Crippen LogP contribution < -0.4 is 0 Å². The number of rotatable bonds is 3. The van der Waals surface area contributed by atoms with Crippen LogP contribution in [0.3, 0.4) is 0 Å². The van der Waals surface area contributed by atoms with Gasteiger partial charge in [-0.15, -0.1) is 0 Å². The maximum Gasteiger partial charge on any atom is 0.466 e. The summed E-state index contributed by atoms with van der Waals surface area (Å²) in [6, 6.07) is 4.91. The minimum atomic E-state index is -4.64. The number of imidazole rings is 1. The maximum atomic E-state index is 14.4. The molecule has 1 aromatic heterocycles. The van der Waals surface area contributed by atoms with Crippen molar-refractivity contribution in [2.75, 3.05) is 0 Å². The van der Waals surface area contributed by atoms with Gasteiger partial charge in [-0.2, -0.15) is 0 Å². The van der Waals surface area contributed by atoms with Crippen LogP contribution in [0.2, 0.25) is 0 Å². The lowest BCUT2D eigenvalue weighted by atomic mass is 9.81. The molecular formula is C18H24FN2O6P. The first-order valence-electron chi connectivity index (χ1n) is 9.10. The largest absolute Gasteiger partial charge is 0.466 e. The van der Waals surface area contributed by atoms with E-state index in [1.807, 2.05) is 10.6 Å². The first kappa shape index (κ1) is 21.1. The summed E-state index contributed by atoms with van der Waals surface area (Å²) in [5.74, 6) is -0.0383. The number of hydrogen-bond acceptors (Lipinski definition) is 4. The highest BCUT2D eigenvalue weighted by Gasteiger charge is 2.35. The van der Waals surface area contributed by atoms with E-state index >= 15 is 0 Å². The van der Waals surface area contributed by atoms with Crippen molar-refractivity contribution < 1.29 is 33.8 Å². The molecule has 0 unspecified atom stereocenters. The van der Waals surface area contributed by atoms with Gasteiger partial charge in [0.05, 0.1) is 36.5 Å². The van der Waals surface area contributed by atoms with E-state index < -0.39 is 13.9 Å². The maximum absolute atomic E-state index is 14.4. The van der Waals surface area contributed by atoms with Crippen LogP contribution in [0.25, 0.3) is 11.3 Å². The van der Waals surface area contributed by atoms with E-state index in [1.165, 1.54) is 6.07 Å². The third-order valence-electron chi connectivity index (χ3n) is 5.41. The molecule has 1 aliphatic heterocycles. The van der Waals surface area contributed by atoms with Crippen LogP contribution >= 0.6 is 7.82 Å². The number of fused-ring (bicyclic) bond motifs is 3. The predicted molar refractivity (Wildman–Crippen MR) is 98.6 cm³/mol. The molecule has 0 spiro atoms. The highest BCUT2D eigenvalue weighted by atomic mass is 31.2. The van der Waals surface area contributed by atoms with Crippen LogP contribution in [-0.2, 0) is 4.57 Å². The third kappa shape index (κ3) is 4.86. The molecule has 1 aromatic carbocycles. The number of aromatic nitrogens is 2. The molecule has 2 heterocycles. The fourth-order valence-electron chi connectivity index (χ4n) is 4.14. The van der Waals surface area contributed by atoms with Crippen LogP contribution in [0.5, 0.6) is 0 Å². The molecule has 1 aliphatic carbocycles. The molecule has 4 rings (SSSR count). The molecule has 2 aliphatic rings. The lowest BCUT2D eigenvalue weighted by molar-refractivity contribution is 0.0328.